The molecule has 102 valence electrons. The molecular formula is C10H7NaO7S2. The van der Waals surface area contributed by atoms with Crippen molar-refractivity contribution >= 4 is 31.0 Å². The second-order valence-corrected chi connectivity index (χ2v) is 6.60. The first-order valence-electron chi connectivity index (χ1n) is 4.79. The molecule has 2 N–H and O–H groups in total. The zero-order valence-electron chi connectivity index (χ0n) is 10.1. The van der Waals surface area contributed by atoms with Gasteiger partial charge >= 0.3 is 29.6 Å². The Balaban J connectivity index is 0.00000200. The third kappa shape index (κ3) is 3.50. The molecule has 0 aliphatic carbocycles. The van der Waals surface area contributed by atoms with Gasteiger partial charge in [0.25, 0.3) is 20.2 Å². The third-order valence-electron chi connectivity index (χ3n) is 2.46. The Morgan fingerprint density at radius 1 is 0.850 bits per heavy atom. The smallest absolute Gasteiger partial charge is 0.872 e. The van der Waals surface area contributed by atoms with Gasteiger partial charge in [0.1, 0.15) is 0 Å². The predicted molar refractivity (Wildman–Crippen MR) is 63.0 cm³/mol. The first-order chi connectivity index (χ1) is 8.59. The van der Waals surface area contributed by atoms with E-state index in [-0.39, 0.29) is 40.3 Å². The Bertz CT molecular complexity index is 867. The van der Waals surface area contributed by atoms with Gasteiger partial charge in [-0.25, -0.2) is 0 Å². The van der Waals surface area contributed by atoms with E-state index in [2.05, 4.69) is 0 Å². The van der Waals surface area contributed by atoms with E-state index in [1.54, 1.807) is 0 Å². The number of fused-ring (bicyclic) bond motifs is 1. The van der Waals surface area contributed by atoms with Gasteiger partial charge in [-0.15, -0.1) is 0 Å². The van der Waals surface area contributed by atoms with Crippen molar-refractivity contribution in [1.82, 2.24) is 0 Å². The van der Waals surface area contributed by atoms with E-state index in [1.165, 1.54) is 0 Å². The SMILES string of the molecule is O=S(=O)(O)c1ccc2c([O-])cc(S(=O)(=O)O)cc2c1.[Na+]. The number of hydrogen-bond donors (Lipinski definition) is 2. The molecule has 0 aliphatic rings. The molecule has 0 amide bonds. The Labute approximate surface area is 137 Å². The third-order valence-corrected chi connectivity index (χ3v) is 4.14. The Morgan fingerprint density at radius 2 is 1.35 bits per heavy atom. The molecule has 2 aromatic carbocycles. The molecule has 2 rings (SSSR count). The van der Waals surface area contributed by atoms with Gasteiger partial charge in [-0.05, 0) is 35.0 Å². The maximum absolute atomic E-state index is 11.6. The van der Waals surface area contributed by atoms with Crippen molar-refractivity contribution in [3.8, 4) is 5.75 Å². The second-order valence-electron chi connectivity index (χ2n) is 3.75. The minimum Gasteiger partial charge on any atom is -0.872 e. The van der Waals surface area contributed by atoms with Crippen molar-refractivity contribution in [3.63, 3.8) is 0 Å². The van der Waals surface area contributed by atoms with Gasteiger partial charge in [-0.1, -0.05) is 11.8 Å². The molecule has 0 aliphatic heterocycles. The Morgan fingerprint density at radius 3 is 1.85 bits per heavy atom. The average Bonchev–Trinajstić information content (AvgIpc) is 2.25. The van der Waals surface area contributed by atoms with Crippen LogP contribution in [0.15, 0.2) is 40.1 Å². The van der Waals surface area contributed by atoms with E-state index in [9.17, 15) is 21.9 Å². The van der Waals surface area contributed by atoms with Crippen LogP contribution in [-0.2, 0) is 20.2 Å². The van der Waals surface area contributed by atoms with Gasteiger partial charge < -0.3 is 5.11 Å². The van der Waals surface area contributed by atoms with Crippen LogP contribution >= 0.6 is 0 Å². The molecule has 0 radical (unpaired) electrons. The summed E-state index contributed by atoms with van der Waals surface area (Å²) in [6.07, 6.45) is 0. The van der Waals surface area contributed by atoms with Gasteiger partial charge in [0.05, 0.1) is 9.79 Å². The molecule has 0 aromatic heterocycles. The first-order valence-corrected chi connectivity index (χ1v) is 7.67. The summed E-state index contributed by atoms with van der Waals surface area (Å²) in [6.45, 7) is 0. The molecule has 10 heteroatoms. The van der Waals surface area contributed by atoms with Gasteiger partial charge in [-0.2, -0.15) is 16.8 Å². The fourth-order valence-electron chi connectivity index (χ4n) is 1.60. The summed E-state index contributed by atoms with van der Waals surface area (Å²) in [4.78, 5) is -1.12. The van der Waals surface area contributed by atoms with Crippen LogP contribution in [0.4, 0.5) is 0 Å². The fraction of sp³-hybridized carbons (Fsp3) is 0. The van der Waals surface area contributed by atoms with Crippen LogP contribution in [0.5, 0.6) is 5.75 Å². The Kier molecular flexibility index (Phi) is 4.87. The van der Waals surface area contributed by atoms with Crippen LogP contribution in [-0.4, -0.2) is 25.9 Å². The summed E-state index contributed by atoms with van der Waals surface area (Å²) in [5.74, 6) is -0.688. The van der Waals surface area contributed by atoms with Crippen LogP contribution in [0.25, 0.3) is 10.8 Å². The zero-order chi connectivity index (χ0) is 14.4. The number of benzene rings is 2. The summed E-state index contributed by atoms with van der Waals surface area (Å²) in [7, 11) is -9.05. The van der Waals surface area contributed by atoms with Crippen molar-refractivity contribution in [1.29, 1.82) is 0 Å². The zero-order valence-corrected chi connectivity index (χ0v) is 13.8. The maximum atomic E-state index is 11.6. The van der Waals surface area contributed by atoms with E-state index in [0.29, 0.717) is 0 Å². The van der Waals surface area contributed by atoms with E-state index >= 15 is 0 Å². The molecule has 0 heterocycles. The molecule has 2 aromatic rings. The van der Waals surface area contributed by atoms with Gasteiger partial charge in [-0.3, -0.25) is 9.11 Å². The van der Waals surface area contributed by atoms with Crippen LogP contribution in [0.3, 0.4) is 0 Å². The van der Waals surface area contributed by atoms with E-state index in [0.717, 1.165) is 30.3 Å². The molecule has 0 saturated heterocycles. The largest absolute Gasteiger partial charge is 1.00 e. The van der Waals surface area contributed by atoms with Gasteiger partial charge in [0.2, 0.25) is 0 Å². The average molecular weight is 326 g/mol. The molecule has 0 fully saturated rings. The normalized spacial score (nSPS) is 12.1. The standard InChI is InChI=1S/C10H8O7S2.Na/c11-10-5-8(19(15,16)17)4-6-3-7(18(12,13)14)1-2-9(6)10;/h1-5,11H,(H,12,13,14)(H,15,16,17);/q;+1/p-1. The maximum Gasteiger partial charge on any atom is 1.00 e. The van der Waals surface area contributed by atoms with E-state index in [4.69, 9.17) is 9.11 Å². The van der Waals surface area contributed by atoms with Crippen LogP contribution < -0.4 is 34.7 Å². The molecule has 0 atom stereocenters. The molecule has 0 spiro atoms. The quantitative estimate of drug-likeness (QED) is 0.457. The van der Waals surface area contributed by atoms with E-state index < -0.39 is 35.8 Å². The minimum atomic E-state index is -4.58. The minimum absolute atomic E-state index is 0. The number of hydrogen-bond acceptors (Lipinski definition) is 5. The van der Waals surface area contributed by atoms with Gasteiger partial charge in [0, 0.05) is 0 Å². The Hall–Kier alpha value is -0.680. The van der Waals surface area contributed by atoms with E-state index in [1.807, 2.05) is 0 Å². The monoisotopic (exact) mass is 326 g/mol. The van der Waals surface area contributed by atoms with Crippen LogP contribution in [0.1, 0.15) is 0 Å². The first kappa shape index (κ1) is 17.4. The second kappa shape index (κ2) is 5.60. The van der Waals surface area contributed by atoms with Crippen molar-refractivity contribution in [2.45, 2.75) is 9.79 Å². The van der Waals surface area contributed by atoms with Crippen LogP contribution in [0, 0.1) is 0 Å². The summed E-state index contributed by atoms with van der Waals surface area (Å²) >= 11 is 0. The van der Waals surface area contributed by atoms with Crippen molar-refractivity contribution in [2.75, 3.05) is 0 Å². The molecule has 7 nitrogen and oxygen atoms in total. The molecule has 20 heavy (non-hydrogen) atoms. The molecule has 0 bridgehead atoms. The topological polar surface area (TPSA) is 132 Å². The summed E-state index contributed by atoms with van der Waals surface area (Å²) in [5, 5.41) is 11.7. The van der Waals surface area contributed by atoms with Crippen molar-refractivity contribution < 1.29 is 60.6 Å². The van der Waals surface area contributed by atoms with Gasteiger partial charge in [0.15, 0.2) is 0 Å². The predicted octanol–water partition coefficient (Wildman–Crippen LogP) is -2.59. The molecule has 0 saturated carbocycles. The number of rotatable bonds is 2. The summed E-state index contributed by atoms with van der Waals surface area (Å²) in [6, 6.07) is 4.78. The summed E-state index contributed by atoms with van der Waals surface area (Å²) < 4.78 is 61.6. The van der Waals surface area contributed by atoms with Crippen molar-refractivity contribution in [2.24, 2.45) is 0 Å². The fourth-order valence-corrected chi connectivity index (χ4v) is 2.64. The summed E-state index contributed by atoms with van der Waals surface area (Å²) in [5.41, 5.74) is 0. The van der Waals surface area contributed by atoms with Crippen LogP contribution in [0.2, 0.25) is 0 Å². The van der Waals surface area contributed by atoms with Crippen molar-refractivity contribution in [3.05, 3.63) is 30.3 Å². The molecular weight excluding hydrogens is 319 g/mol. The molecule has 0 unspecified atom stereocenters.